The van der Waals surface area contributed by atoms with E-state index in [1.165, 1.54) is 16.8 Å². The van der Waals surface area contributed by atoms with Crippen LogP contribution in [-0.4, -0.2) is 9.78 Å². The Morgan fingerprint density at radius 2 is 2.00 bits per heavy atom. The van der Waals surface area contributed by atoms with Gasteiger partial charge < -0.3 is 5.10 Å². The molecule has 2 rings (SSSR count). The second kappa shape index (κ2) is 5.53. The minimum Gasteiger partial charge on any atom is -0.301 e. The average Bonchev–Trinajstić information content (AvgIpc) is 2.61. The maximum atomic E-state index is 5.40. The first-order valence-electron chi connectivity index (χ1n) is 6.39. The van der Waals surface area contributed by atoms with Crippen LogP contribution in [0.1, 0.15) is 30.7 Å². The van der Waals surface area contributed by atoms with Crippen molar-refractivity contribution in [2.24, 2.45) is 5.92 Å². The summed E-state index contributed by atoms with van der Waals surface area (Å²) in [6, 6.07) is 10.5. The Morgan fingerprint density at radius 3 is 2.67 bits per heavy atom. The lowest BCUT2D eigenvalue weighted by atomic mass is 10.1. The molecule has 1 heterocycles. The van der Waals surface area contributed by atoms with E-state index in [4.69, 9.17) is 12.2 Å². The van der Waals surface area contributed by atoms with E-state index in [1.54, 1.807) is 0 Å². The number of aryl methyl sites for hydroxylation is 1. The number of rotatable bonds is 4. The number of H-pyrrole nitrogens is 1. The van der Waals surface area contributed by atoms with Crippen LogP contribution in [0, 0.1) is 17.5 Å². The van der Waals surface area contributed by atoms with Gasteiger partial charge in [0, 0.05) is 5.69 Å². The Hall–Kier alpha value is -1.35. The maximum Gasteiger partial charge on any atom is 0.122 e. The molecule has 2 aromatic rings. The van der Waals surface area contributed by atoms with E-state index in [9.17, 15) is 0 Å². The van der Waals surface area contributed by atoms with E-state index in [-0.39, 0.29) is 0 Å². The molecule has 0 bridgehead atoms. The molecule has 0 unspecified atom stereocenters. The van der Waals surface area contributed by atoms with Crippen molar-refractivity contribution in [3.05, 3.63) is 51.8 Å². The lowest BCUT2D eigenvalue weighted by Gasteiger charge is -2.07. The SMILES string of the molecule is Cc1ccccc1Cn1[nH]c(CC(C)C)cc1=S. The van der Waals surface area contributed by atoms with E-state index >= 15 is 0 Å². The van der Waals surface area contributed by atoms with Crippen LogP contribution in [0.2, 0.25) is 0 Å². The molecule has 0 spiro atoms. The van der Waals surface area contributed by atoms with Gasteiger partial charge in [0.1, 0.15) is 4.64 Å². The monoisotopic (exact) mass is 260 g/mol. The van der Waals surface area contributed by atoms with Crippen molar-refractivity contribution in [1.29, 1.82) is 0 Å². The van der Waals surface area contributed by atoms with E-state index in [2.05, 4.69) is 60.9 Å². The van der Waals surface area contributed by atoms with Gasteiger partial charge in [0.25, 0.3) is 0 Å². The topological polar surface area (TPSA) is 20.7 Å². The second-order valence-corrected chi connectivity index (χ2v) is 5.65. The number of nitrogens with one attached hydrogen (secondary N) is 1. The van der Waals surface area contributed by atoms with Crippen molar-refractivity contribution in [1.82, 2.24) is 9.78 Å². The molecule has 0 radical (unpaired) electrons. The molecular weight excluding hydrogens is 240 g/mol. The fourth-order valence-corrected chi connectivity index (χ4v) is 2.36. The predicted molar refractivity (Wildman–Crippen MR) is 78.4 cm³/mol. The van der Waals surface area contributed by atoms with Gasteiger partial charge in [-0.2, -0.15) is 0 Å². The molecule has 0 aliphatic heterocycles. The summed E-state index contributed by atoms with van der Waals surface area (Å²) in [6.45, 7) is 7.39. The highest BCUT2D eigenvalue weighted by molar-refractivity contribution is 7.71. The molecule has 0 aliphatic carbocycles. The Bertz CT molecular complexity index is 578. The first-order valence-corrected chi connectivity index (χ1v) is 6.80. The van der Waals surface area contributed by atoms with Gasteiger partial charge in [-0.15, -0.1) is 0 Å². The van der Waals surface area contributed by atoms with Crippen molar-refractivity contribution in [3.63, 3.8) is 0 Å². The first-order chi connectivity index (χ1) is 8.56. The van der Waals surface area contributed by atoms with Crippen LogP contribution in [0.4, 0.5) is 0 Å². The second-order valence-electron chi connectivity index (χ2n) is 5.23. The van der Waals surface area contributed by atoms with Gasteiger partial charge in [0.15, 0.2) is 0 Å². The maximum absolute atomic E-state index is 5.40. The van der Waals surface area contributed by atoms with Gasteiger partial charge in [-0.05, 0) is 36.5 Å². The zero-order chi connectivity index (χ0) is 13.1. The van der Waals surface area contributed by atoms with E-state index in [1.807, 2.05) is 0 Å². The molecule has 0 saturated heterocycles. The van der Waals surface area contributed by atoms with Gasteiger partial charge in [-0.1, -0.05) is 50.3 Å². The van der Waals surface area contributed by atoms with E-state index in [0.29, 0.717) is 5.92 Å². The average molecular weight is 260 g/mol. The third-order valence-electron chi connectivity index (χ3n) is 3.06. The van der Waals surface area contributed by atoms with Gasteiger partial charge >= 0.3 is 0 Å². The molecule has 1 N–H and O–H groups in total. The van der Waals surface area contributed by atoms with E-state index in [0.717, 1.165) is 17.6 Å². The van der Waals surface area contributed by atoms with Crippen LogP contribution >= 0.6 is 12.2 Å². The number of nitrogens with zero attached hydrogens (tertiary/aromatic N) is 1. The fraction of sp³-hybridized carbons (Fsp3) is 0.400. The van der Waals surface area contributed by atoms with Crippen LogP contribution < -0.4 is 0 Å². The van der Waals surface area contributed by atoms with Gasteiger partial charge in [0.2, 0.25) is 0 Å². The fourth-order valence-electron chi connectivity index (χ4n) is 2.11. The minimum atomic E-state index is 0.643. The molecule has 1 aromatic heterocycles. The minimum absolute atomic E-state index is 0.643. The number of benzene rings is 1. The first kappa shape index (κ1) is 13.1. The molecular formula is C15H20N2S. The third kappa shape index (κ3) is 3.10. The van der Waals surface area contributed by atoms with Crippen LogP contribution in [0.25, 0.3) is 0 Å². The number of hydrogen-bond acceptors (Lipinski definition) is 1. The van der Waals surface area contributed by atoms with Crippen molar-refractivity contribution >= 4 is 12.2 Å². The highest BCUT2D eigenvalue weighted by atomic mass is 32.1. The Kier molecular flexibility index (Phi) is 4.02. The van der Waals surface area contributed by atoms with Gasteiger partial charge in [0.05, 0.1) is 6.54 Å². The molecule has 0 atom stereocenters. The lowest BCUT2D eigenvalue weighted by Crippen LogP contribution is -2.04. The molecule has 0 aliphatic rings. The largest absolute Gasteiger partial charge is 0.301 e. The summed E-state index contributed by atoms with van der Waals surface area (Å²) in [5, 5.41) is 3.40. The Labute approximate surface area is 114 Å². The zero-order valence-corrected chi connectivity index (χ0v) is 12.1. The number of aromatic nitrogens is 2. The lowest BCUT2D eigenvalue weighted by molar-refractivity contribution is 0.605. The molecule has 2 nitrogen and oxygen atoms in total. The smallest absolute Gasteiger partial charge is 0.122 e. The molecule has 0 amide bonds. The van der Waals surface area contributed by atoms with Crippen molar-refractivity contribution in [2.45, 2.75) is 33.7 Å². The van der Waals surface area contributed by atoms with Gasteiger partial charge in [-0.25, -0.2) is 0 Å². The van der Waals surface area contributed by atoms with Crippen molar-refractivity contribution in [3.8, 4) is 0 Å². The highest BCUT2D eigenvalue weighted by Gasteiger charge is 2.04. The molecule has 1 aromatic carbocycles. The molecule has 0 fully saturated rings. The molecule has 0 saturated carbocycles. The summed E-state index contributed by atoms with van der Waals surface area (Å²) in [5.74, 6) is 0.643. The summed E-state index contributed by atoms with van der Waals surface area (Å²) >= 11 is 5.40. The summed E-state index contributed by atoms with van der Waals surface area (Å²) in [7, 11) is 0. The van der Waals surface area contributed by atoms with Crippen LogP contribution in [-0.2, 0) is 13.0 Å². The summed E-state index contributed by atoms with van der Waals surface area (Å²) in [6.07, 6.45) is 1.05. The molecule has 96 valence electrons. The third-order valence-corrected chi connectivity index (χ3v) is 3.40. The van der Waals surface area contributed by atoms with Crippen LogP contribution in [0.5, 0.6) is 0 Å². The van der Waals surface area contributed by atoms with E-state index < -0.39 is 0 Å². The summed E-state index contributed by atoms with van der Waals surface area (Å²) in [5.41, 5.74) is 3.84. The highest BCUT2D eigenvalue weighted by Crippen LogP contribution is 2.11. The Balaban J connectivity index is 2.22. The normalized spacial score (nSPS) is 11.1. The summed E-state index contributed by atoms with van der Waals surface area (Å²) in [4.78, 5) is 0. The van der Waals surface area contributed by atoms with Crippen molar-refractivity contribution < 1.29 is 0 Å². The summed E-state index contributed by atoms with van der Waals surface area (Å²) < 4.78 is 2.93. The van der Waals surface area contributed by atoms with Gasteiger partial charge in [-0.3, -0.25) is 4.68 Å². The van der Waals surface area contributed by atoms with Crippen LogP contribution in [0.15, 0.2) is 30.3 Å². The molecule has 18 heavy (non-hydrogen) atoms. The molecule has 3 heteroatoms. The number of hydrogen-bond donors (Lipinski definition) is 1. The standard InChI is InChI=1S/C15H20N2S/c1-11(2)8-14-9-15(18)17(16-14)10-13-7-5-4-6-12(13)3/h4-7,9,11,16H,8,10H2,1-3H3. The van der Waals surface area contributed by atoms with Crippen LogP contribution in [0.3, 0.4) is 0 Å². The Morgan fingerprint density at radius 1 is 1.28 bits per heavy atom. The predicted octanol–water partition coefficient (Wildman–Crippen LogP) is 4.10. The number of aromatic amines is 1. The zero-order valence-electron chi connectivity index (χ0n) is 11.2. The van der Waals surface area contributed by atoms with Crippen molar-refractivity contribution in [2.75, 3.05) is 0 Å². The quantitative estimate of drug-likeness (QED) is 0.821.